The van der Waals surface area contributed by atoms with Crippen LogP contribution in [0.15, 0.2) is 35.3 Å². The largest absolute Gasteiger partial charge is 0.351 e. The van der Waals surface area contributed by atoms with Crippen LogP contribution in [0, 0.1) is 5.41 Å². The van der Waals surface area contributed by atoms with Gasteiger partial charge in [-0.05, 0) is 50.6 Å². The Labute approximate surface area is 181 Å². The summed E-state index contributed by atoms with van der Waals surface area (Å²) in [5, 5.41) is 12.0. The van der Waals surface area contributed by atoms with Crippen LogP contribution in [0.1, 0.15) is 49.4 Å². The minimum Gasteiger partial charge on any atom is -0.351 e. The Morgan fingerprint density at radius 1 is 1.19 bits per heavy atom. The van der Waals surface area contributed by atoms with Crippen molar-refractivity contribution in [2.75, 3.05) is 26.2 Å². The van der Waals surface area contributed by atoms with Gasteiger partial charge in [-0.25, -0.2) is 4.98 Å². The molecule has 31 heavy (non-hydrogen) atoms. The van der Waals surface area contributed by atoms with Crippen molar-refractivity contribution in [1.29, 1.82) is 5.41 Å². The number of pyridine rings is 2. The molecule has 1 aliphatic heterocycles. The summed E-state index contributed by atoms with van der Waals surface area (Å²) in [5.74, 6) is -0.313. The average molecular weight is 423 g/mol. The molecule has 0 saturated carbocycles. The maximum atomic E-state index is 13.1. The smallest absolute Gasteiger partial charge is 0.267 e. The second-order valence-electron chi connectivity index (χ2n) is 8.15. The minimum absolute atomic E-state index is 0.101. The van der Waals surface area contributed by atoms with E-state index in [1.165, 1.54) is 29.7 Å². The predicted molar refractivity (Wildman–Crippen MR) is 120 cm³/mol. The molecule has 3 aromatic rings. The lowest BCUT2D eigenvalue weighted by molar-refractivity contribution is 0.0944. The second-order valence-corrected chi connectivity index (χ2v) is 8.15. The molecule has 1 aliphatic rings. The van der Waals surface area contributed by atoms with Crippen LogP contribution in [0.3, 0.4) is 0 Å². The Balaban J connectivity index is 1.70. The molecule has 8 heteroatoms. The zero-order valence-electron chi connectivity index (χ0n) is 18.1. The third kappa shape index (κ3) is 4.39. The lowest BCUT2D eigenvalue weighted by Crippen LogP contribution is -2.40. The number of aryl methyl sites for hydroxylation is 1. The van der Waals surface area contributed by atoms with E-state index in [1.54, 1.807) is 22.9 Å². The SMILES string of the molecule is CCCCn1c(=N)c(C(=O)NCCN2CCCCC2)cc2c(=O)n3ccccc3nc21. The highest BCUT2D eigenvalue weighted by atomic mass is 16.1. The number of aromatic nitrogens is 3. The Morgan fingerprint density at radius 3 is 2.77 bits per heavy atom. The Hall–Kier alpha value is -3.00. The number of fused-ring (bicyclic) bond motifs is 2. The number of nitrogens with zero attached hydrogens (tertiary/aromatic N) is 4. The van der Waals surface area contributed by atoms with E-state index in [2.05, 4.69) is 22.1 Å². The molecule has 0 spiro atoms. The van der Waals surface area contributed by atoms with Gasteiger partial charge in [-0.1, -0.05) is 25.8 Å². The van der Waals surface area contributed by atoms with Crippen molar-refractivity contribution in [3.8, 4) is 0 Å². The van der Waals surface area contributed by atoms with Crippen molar-refractivity contribution in [3.63, 3.8) is 0 Å². The first-order valence-corrected chi connectivity index (χ1v) is 11.2. The summed E-state index contributed by atoms with van der Waals surface area (Å²) in [6.45, 7) is 6.08. The lowest BCUT2D eigenvalue weighted by Gasteiger charge is -2.26. The van der Waals surface area contributed by atoms with Gasteiger partial charge in [-0.2, -0.15) is 0 Å². The summed E-state index contributed by atoms with van der Waals surface area (Å²) >= 11 is 0. The molecule has 1 amide bonds. The van der Waals surface area contributed by atoms with Crippen LogP contribution >= 0.6 is 0 Å². The topological polar surface area (TPSA) is 95.5 Å². The molecule has 0 bridgehead atoms. The van der Waals surface area contributed by atoms with Crippen LogP contribution in [0.25, 0.3) is 16.7 Å². The zero-order valence-corrected chi connectivity index (χ0v) is 18.1. The number of nitrogens with one attached hydrogen (secondary N) is 2. The molecule has 2 N–H and O–H groups in total. The highest BCUT2D eigenvalue weighted by molar-refractivity contribution is 5.96. The van der Waals surface area contributed by atoms with Crippen LogP contribution in [0.5, 0.6) is 0 Å². The molecule has 0 aliphatic carbocycles. The van der Waals surface area contributed by atoms with Gasteiger partial charge in [0.15, 0.2) is 0 Å². The molecular formula is C23H30N6O2. The molecule has 3 aromatic heterocycles. The van der Waals surface area contributed by atoms with E-state index in [0.717, 1.165) is 32.5 Å². The molecule has 4 heterocycles. The number of unbranched alkanes of at least 4 members (excludes halogenated alkanes) is 1. The van der Waals surface area contributed by atoms with Crippen LogP contribution in [-0.2, 0) is 6.54 Å². The fraction of sp³-hybridized carbons (Fsp3) is 0.478. The Morgan fingerprint density at radius 2 is 2.00 bits per heavy atom. The maximum absolute atomic E-state index is 13.1. The van der Waals surface area contributed by atoms with Gasteiger partial charge >= 0.3 is 0 Å². The van der Waals surface area contributed by atoms with Crippen molar-refractivity contribution in [2.24, 2.45) is 0 Å². The average Bonchev–Trinajstić information content (AvgIpc) is 2.79. The maximum Gasteiger partial charge on any atom is 0.267 e. The number of rotatable bonds is 7. The van der Waals surface area contributed by atoms with Crippen LogP contribution in [-0.4, -0.2) is 50.9 Å². The monoisotopic (exact) mass is 422 g/mol. The van der Waals surface area contributed by atoms with Gasteiger partial charge in [-0.3, -0.25) is 19.4 Å². The standard InChI is InChI=1S/C23H30N6O2/c1-2-3-13-29-20(24)17(22(30)25-10-15-27-11-6-4-7-12-27)16-18-21(29)26-19-9-5-8-14-28(19)23(18)31/h5,8-9,14,16,24H,2-4,6-7,10-13,15H2,1H3,(H,25,30). The van der Waals surface area contributed by atoms with Crippen molar-refractivity contribution in [1.82, 2.24) is 24.2 Å². The number of hydrogen-bond donors (Lipinski definition) is 2. The minimum atomic E-state index is -0.313. The summed E-state index contributed by atoms with van der Waals surface area (Å²) in [5.41, 5.74) is 1.08. The highest BCUT2D eigenvalue weighted by Gasteiger charge is 2.18. The van der Waals surface area contributed by atoms with E-state index in [1.807, 2.05) is 6.07 Å². The molecular weight excluding hydrogens is 392 g/mol. The fourth-order valence-corrected chi connectivity index (χ4v) is 4.20. The van der Waals surface area contributed by atoms with Gasteiger partial charge in [-0.15, -0.1) is 0 Å². The van der Waals surface area contributed by atoms with Crippen LogP contribution in [0.2, 0.25) is 0 Å². The number of amides is 1. The first kappa shape index (κ1) is 21.2. The summed E-state index contributed by atoms with van der Waals surface area (Å²) in [6, 6.07) is 6.91. The van der Waals surface area contributed by atoms with Gasteiger partial charge in [0.2, 0.25) is 0 Å². The van der Waals surface area contributed by atoms with E-state index in [-0.39, 0.29) is 22.5 Å². The molecule has 0 atom stereocenters. The summed E-state index contributed by atoms with van der Waals surface area (Å²) < 4.78 is 3.18. The first-order chi connectivity index (χ1) is 15.1. The fourth-order valence-electron chi connectivity index (χ4n) is 4.20. The molecule has 1 saturated heterocycles. The van der Waals surface area contributed by atoms with E-state index in [9.17, 15) is 9.59 Å². The van der Waals surface area contributed by atoms with Gasteiger partial charge in [0.1, 0.15) is 16.8 Å². The third-order valence-electron chi connectivity index (χ3n) is 5.96. The van der Waals surface area contributed by atoms with E-state index < -0.39 is 0 Å². The Kier molecular flexibility index (Phi) is 6.46. The molecule has 164 valence electrons. The van der Waals surface area contributed by atoms with E-state index >= 15 is 0 Å². The number of carbonyl (C=O) groups is 1. The second kappa shape index (κ2) is 9.43. The summed E-state index contributed by atoms with van der Waals surface area (Å²) in [4.78, 5) is 33.1. The van der Waals surface area contributed by atoms with Gasteiger partial charge in [0.05, 0.1) is 10.9 Å². The van der Waals surface area contributed by atoms with E-state index in [0.29, 0.717) is 29.8 Å². The number of carbonyl (C=O) groups excluding carboxylic acids is 1. The predicted octanol–water partition coefficient (Wildman–Crippen LogP) is 2.14. The summed E-state index contributed by atoms with van der Waals surface area (Å²) in [7, 11) is 0. The molecule has 8 nitrogen and oxygen atoms in total. The lowest BCUT2D eigenvalue weighted by atomic mass is 10.1. The number of likely N-dealkylation sites (tertiary alicyclic amines) is 1. The number of piperidine rings is 1. The normalized spacial score (nSPS) is 14.9. The molecule has 4 rings (SSSR count). The van der Waals surface area contributed by atoms with Crippen LogP contribution < -0.4 is 16.4 Å². The van der Waals surface area contributed by atoms with Crippen LogP contribution in [0.4, 0.5) is 0 Å². The Bertz CT molecular complexity index is 1210. The zero-order chi connectivity index (χ0) is 21.8. The highest BCUT2D eigenvalue weighted by Crippen LogP contribution is 2.11. The summed E-state index contributed by atoms with van der Waals surface area (Å²) in [6.07, 6.45) is 7.13. The van der Waals surface area contributed by atoms with Crippen molar-refractivity contribution >= 4 is 22.6 Å². The molecule has 1 fully saturated rings. The molecule has 0 unspecified atom stereocenters. The van der Waals surface area contributed by atoms with Crippen molar-refractivity contribution < 1.29 is 4.79 Å². The van der Waals surface area contributed by atoms with Crippen molar-refractivity contribution in [3.05, 3.63) is 51.9 Å². The van der Waals surface area contributed by atoms with Gasteiger partial charge < -0.3 is 14.8 Å². The molecule has 0 radical (unpaired) electrons. The third-order valence-corrected chi connectivity index (χ3v) is 5.96. The van der Waals surface area contributed by atoms with Gasteiger partial charge in [0, 0.05) is 25.8 Å². The molecule has 0 aromatic carbocycles. The number of hydrogen-bond acceptors (Lipinski definition) is 5. The quantitative estimate of drug-likeness (QED) is 0.570. The van der Waals surface area contributed by atoms with Crippen molar-refractivity contribution in [2.45, 2.75) is 45.6 Å². The van der Waals surface area contributed by atoms with E-state index in [4.69, 9.17) is 5.41 Å². The van der Waals surface area contributed by atoms with Gasteiger partial charge in [0.25, 0.3) is 11.5 Å². The first-order valence-electron chi connectivity index (χ1n) is 11.2.